The molecule has 0 heterocycles. The van der Waals surface area contributed by atoms with Gasteiger partial charge in [0.2, 0.25) is 6.04 Å². The molecule has 100 valence electrons. The van der Waals surface area contributed by atoms with Gasteiger partial charge in [0.05, 0.1) is 6.10 Å². The zero-order chi connectivity index (χ0) is 12.7. The van der Waals surface area contributed by atoms with E-state index in [0.29, 0.717) is 32.1 Å². The van der Waals surface area contributed by atoms with Crippen LogP contribution in [0.1, 0.15) is 57.8 Å². The number of aliphatic hydroxyl groups excluding tert-OH is 1. The summed E-state index contributed by atoms with van der Waals surface area (Å²) in [7, 11) is 0. The maximum absolute atomic E-state index is 13.5. The number of nitro groups is 1. The lowest BCUT2D eigenvalue weighted by atomic mass is 9.96. The molecule has 1 saturated carbocycles. The second-order valence-corrected chi connectivity index (χ2v) is 4.99. The summed E-state index contributed by atoms with van der Waals surface area (Å²) in [6, 6.07) is -0.749. The Morgan fingerprint density at radius 2 is 1.59 bits per heavy atom. The zero-order valence-corrected chi connectivity index (χ0v) is 10.2. The number of alkyl halides is 1. The molecule has 0 saturated heterocycles. The molecule has 1 aliphatic carbocycles. The van der Waals surface area contributed by atoms with Gasteiger partial charge in [0.15, 0.2) is 0 Å². The summed E-state index contributed by atoms with van der Waals surface area (Å²) >= 11 is 0. The van der Waals surface area contributed by atoms with Crippen LogP contribution in [0.2, 0.25) is 0 Å². The van der Waals surface area contributed by atoms with Crippen molar-refractivity contribution in [3.8, 4) is 0 Å². The topological polar surface area (TPSA) is 63.4 Å². The van der Waals surface area contributed by atoms with E-state index in [0.717, 1.165) is 19.3 Å². The summed E-state index contributed by atoms with van der Waals surface area (Å²) in [5.74, 6) is 0. The van der Waals surface area contributed by atoms with Gasteiger partial charge in [-0.25, -0.2) is 4.39 Å². The third-order valence-corrected chi connectivity index (χ3v) is 3.46. The summed E-state index contributed by atoms with van der Waals surface area (Å²) in [6.07, 6.45) is 3.94. The van der Waals surface area contributed by atoms with Crippen LogP contribution >= 0.6 is 0 Å². The number of rotatable bonds is 1. The highest BCUT2D eigenvalue weighted by Gasteiger charge is 2.25. The molecule has 0 bridgehead atoms. The summed E-state index contributed by atoms with van der Waals surface area (Å²) < 4.78 is 13.5. The van der Waals surface area contributed by atoms with Crippen molar-refractivity contribution < 1.29 is 14.4 Å². The van der Waals surface area contributed by atoms with Gasteiger partial charge >= 0.3 is 0 Å². The van der Waals surface area contributed by atoms with Gasteiger partial charge in [0, 0.05) is 17.8 Å². The Morgan fingerprint density at radius 3 is 2.18 bits per heavy atom. The lowest BCUT2D eigenvalue weighted by Crippen LogP contribution is -2.24. The molecule has 0 aliphatic heterocycles. The minimum absolute atomic E-state index is 0.0511. The van der Waals surface area contributed by atoms with Crippen LogP contribution in [-0.2, 0) is 0 Å². The molecule has 3 atom stereocenters. The average molecular weight is 247 g/mol. The van der Waals surface area contributed by atoms with Gasteiger partial charge in [-0.05, 0) is 25.7 Å². The minimum atomic E-state index is -1.07. The van der Waals surface area contributed by atoms with Gasteiger partial charge in [0.1, 0.15) is 6.17 Å². The Labute approximate surface area is 101 Å². The molecule has 1 aliphatic rings. The Kier molecular flexibility index (Phi) is 6.40. The Bertz CT molecular complexity index is 238. The molecule has 4 nitrogen and oxygen atoms in total. The van der Waals surface area contributed by atoms with Crippen LogP contribution in [0.25, 0.3) is 0 Å². The highest BCUT2D eigenvalue weighted by molar-refractivity contribution is 4.68. The Balaban J connectivity index is 2.46. The first-order valence-electron chi connectivity index (χ1n) is 6.55. The van der Waals surface area contributed by atoms with E-state index >= 15 is 0 Å². The number of hydrogen-bond acceptors (Lipinski definition) is 3. The van der Waals surface area contributed by atoms with E-state index in [1.807, 2.05) is 0 Å². The van der Waals surface area contributed by atoms with Crippen LogP contribution in [0.3, 0.4) is 0 Å². The lowest BCUT2D eigenvalue weighted by molar-refractivity contribution is -0.525. The van der Waals surface area contributed by atoms with Gasteiger partial charge in [-0.3, -0.25) is 10.1 Å². The van der Waals surface area contributed by atoms with Crippen LogP contribution < -0.4 is 0 Å². The number of aliphatic hydroxyl groups is 1. The second-order valence-electron chi connectivity index (χ2n) is 4.99. The van der Waals surface area contributed by atoms with Crippen molar-refractivity contribution >= 4 is 0 Å². The second kappa shape index (κ2) is 7.58. The van der Waals surface area contributed by atoms with Crippen LogP contribution in [-0.4, -0.2) is 28.3 Å². The fourth-order valence-electron chi connectivity index (χ4n) is 2.37. The van der Waals surface area contributed by atoms with E-state index in [2.05, 4.69) is 0 Å². The highest BCUT2D eigenvalue weighted by atomic mass is 19.1. The molecular formula is C12H22FNO3. The van der Waals surface area contributed by atoms with Gasteiger partial charge in [-0.1, -0.05) is 19.3 Å². The highest BCUT2D eigenvalue weighted by Crippen LogP contribution is 2.20. The first-order valence-corrected chi connectivity index (χ1v) is 6.55. The van der Waals surface area contributed by atoms with E-state index in [-0.39, 0.29) is 17.4 Å². The zero-order valence-electron chi connectivity index (χ0n) is 10.2. The number of hydrogen-bond donors (Lipinski definition) is 1. The fourth-order valence-corrected chi connectivity index (χ4v) is 2.37. The monoisotopic (exact) mass is 247 g/mol. The molecule has 0 aromatic rings. The Hall–Kier alpha value is -0.710. The molecule has 0 spiro atoms. The number of nitrogens with zero attached hydrogens (tertiary/aromatic N) is 1. The van der Waals surface area contributed by atoms with Gasteiger partial charge < -0.3 is 5.11 Å². The third-order valence-electron chi connectivity index (χ3n) is 3.46. The molecule has 17 heavy (non-hydrogen) atoms. The van der Waals surface area contributed by atoms with Crippen LogP contribution in [0.4, 0.5) is 4.39 Å². The van der Waals surface area contributed by atoms with E-state index < -0.39 is 12.2 Å². The first kappa shape index (κ1) is 14.4. The molecule has 1 rings (SSSR count). The van der Waals surface area contributed by atoms with Crippen molar-refractivity contribution in [1.29, 1.82) is 0 Å². The predicted molar refractivity (Wildman–Crippen MR) is 63.2 cm³/mol. The maximum Gasteiger partial charge on any atom is 0.215 e. The smallest absolute Gasteiger partial charge is 0.215 e. The summed E-state index contributed by atoms with van der Waals surface area (Å²) in [5, 5.41) is 20.4. The van der Waals surface area contributed by atoms with Crippen LogP contribution in [0.15, 0.2) is 0 Å². The van der Waals surface area contributed by atoms with Crippen LogP contribution in [0, 0.1) is 10.1 Å². The van der Waals surface area contributed by atoms with E-state index in [4.69, 9.17) is 0 Å². The fraction of sp³-hybridized carbons (Fsp3) is 1.00. The summed E-state index contributed by atoms with van der Waals surface area (Å²) in [4.78, 5) is 10.4. The first-order chi connectivity index (χ1) is 8.09. The van der Waals surface area contributed by atoms with Gasteiger partial charge in [-0.15, -0.1) is 0 Å². The van der Waals surface area contributed by atoms with Crippen LogP contribution in [0.5, 0.6) is 0 Å². The van der Waals surface area contributed by atoms with E-state index in [1.54, 1.807) is 0 Å². The molecule has 1 fully saturated rings. The largest absolute Gasteiger partial charge is 0.393 e. The maximum atomic E-state index is 13.5. The molecule has 0 aromatic heterocycles. The van der Waals surface area contributed by atoms with Crippen molar-refractivity contribution in [3.05, 3.63) is 10.1 Å². The normalized spacial score (nSPS) is 33.4. The molecule has 5 heteroatoms. The molecule has 3 unspecified atom stereocenters. The average Bonchev–Trinajstić information content (AvgIpc) is 2.26. The SMILES string of the molecule is O=[N+]([O-])C1CCCCC(O)CCCCC(F)C1. The van der Waals surface area contributed by atoms with Gasteiger partial charge in [0.25, 0.3) is 0 Å². The van der Waals surface area contributed by atoms with Gasteiger partial charge in [-0.2, -0.15) is 0 Å². The van der Waals surface area contributed by atoms with Crippen molar-refractivity contribution in [2.24, 2.45) is 0 Å². The summed E-state index contributed by atoms with van der Waals surface area (Å²) in [5.41, 5.74) is 0. The quantitative estimate of drug-likeness (QED) is 0.572. The molecule has 0 radical (unpaired) electrons. The lowest BCUT2D eigenvalue weighted by Gasteiger charge is -2.16. The Morgan fingerprint density at radius 1 is 1.06 bits per heavy atom. The molecular weight excluding hydrogens is 225 g/mol. The predicted octanol–water partition coefficient (Wildman–Crippen LogP) is 2.86. The van der Waals surface area contributed by atoms with Crippen molar-refractivity contribution in [2.75, 3.05) is 0 Å². The van der Waals surface area contributed by atoms with Crippen molar-refractivity contribution in [1.82, 2.24) is 0 Å². The van der Waals surface area contributed by atoms with Crippen molar-refractivity contribution in [2.45, 2.75) is 76.1 Å². The standard InChI is InChI=1S/C12H22FNO3/c13-10-5-1-3-7-12(15)8-4-2-6-11(9-10)14(16)17/h10-12,15H,1-9H2. The van der Waals surface area contributed by atoms with E-state index in [1.165, 1.54) is 0 Å². The van der Waals surface area contributed by atoms with E-state index in [9.17, 15) is 19.6 Å². The third kappa shape index (κ3) is 5.96. The molecule has 1 N–H and O–H groups in total. The number of halogens is 1. The minimum Gasteiger partial charge on any atom is -0.393 e. The van der Waals surface area contributed by atoms with Crippen molar-refractivity contribution in [3.63, 3.8) is 0 Å². The summed E-state index contributed by atoms with van der Waals surface area (Å²) in [6.45, 7) is 0. The molecule has 0 aromatic carbocycles. The molecule has 0 amide bonds.